The number of benzene rings is 3. The molecule has 0 aromatic heterocycles. The van der Waals surface area contributed by atoms with E-state index in [1.165, 1.54) is 109 Å². The first kappa shape index (κ1) is 50.8. The highest BCUT2D eigenvalue weighted by Crippen LogP contribution is 2.11. The number of hydrogen-bond acceptors (Lipinski definition) is 12. The van der Waals surface area contributed by atoms with Gasteiger partial charge in [-0.05, 0) is 129 Å². The highest BCUT2D eigenvalue weighted by Gasteiger charge is 2.19. The second-order valence-electron chi connectivity index (χ2n) is 14.1. The van der Waals surface area contributed by atoms with E-state index in [4.69, 9.17) is 28.4 Å². The maximum atomic E-state index is 13.0. The zero-order chi connectivity index (χ0) is 45.5. The maximum Gasteiger partial charge on any atom is 0.330 e. The fourth-order valence-electron chi connectivity index (χ4n) is 5.40. The van der Waals surface area contributed by atoms with E-state index >= 15 is 0 Å². The van der Waals surface area contributed by atoms with Crippen LogP contribution in [0.15, 0.2) is 91.0 Å². The monoisotopic (exact) mass is 878 g/mol. The van der Waals surface area contributed by atoms with Crippen LogP contribution in [0.4, 0.5) is 13.2 Å². The predicted molar refractivity (Wildman–Crippen MR) is 226 cm³/mol. The number of rotatable bonds is 29. The van der Waals surface area contributed by atoms with Crippen LogP contribution >= 0.6 is 0 Å². The molecule has 3 aromatic rings. The van der Waals surface area contributed by atoms with Crippen molar-refractivity contribution in [3.8, 4) is 0 Å². The van der Waals surface area contributed by atoms with E-state index in [2.05, 4.69) is 0 Å². The van der Waals surface area contributed by atoms with Gasteiger partial charge < -0.3 is 28.4 Å². The van der Waals surface area contributed by atoms with Crippen LogP contribution in [-0.4, -0.2) is 75.0 Å². The lowest BCUT2D eigenvalue weighted by Crippen LogP contribution is -2.30. The van der Waals surface area contributed by atoms with E-state index in [0.29, 0.717) is 74.5 Å². The Bertz CT molecular complexity index is 1860. The van der Waals surface area contributed by atoms with Gasteiger partial charge in [0.1, 0.15) is 30.7 Å². The molecule has 3 rings (SSSR count). The number of hydrogen-bond donors (Lipinski definition) is 0. The van der Waals surface area contributed by atoms with Crippen LogP contribution in [0.1, 0.15) is 93.7 Å². The van der Waals surface area contributed by atoms with Crippen molar-refractivity contribution in [3.63, 3.8) is 0 Å². The Labute approximate surface area is 365 Å². The van der Waals surface area contributed by atoms with E-state index in [-0.39, 0.29) is 69.7 Å². The molecule has 0 N–H and O–H groups in total. The molecule has 0 fully saturated rings. The van der Waals surface area contributed by atoms with Gasteiger partial charge in [-0.2, -0.15) is 0 Å². The van der Waals surface area contributed by atoms with Gasteiger partial charge in [0.25, 0.3) is 0 Å². The molecule has 0 atom stereocenters. The van der Waals surface area contributed by atoms with Crippen molar-refractivity contribution in [2.24, 2.45) is 0 Å². The van der Waals surface area contributed by atoms with Crippen molar-refractivity contribution >= 4 is 54.0 Å². The number of unbranched alkanes of at least 4 members (excludes halogenated alkanes) is 6. The molecule has 0 aliphatic rings. The van der Waals surface area contributed by atoms with E-state index in [1.54, 1.807) is 0 Å². The SMILES string of the molecule is O=C(C=Cc1ccc(F)cc1)OCCCCCC(=O)OCC(COC(=O)CCCCCOC(=O)C=Cc1ccc(F)cc1)OC(=O)CCCCCOC(=O)C=Cc1ccc(F)cc1. The minimum Gasteiger partial charge on any atom is -0.463 e. The Kier molecular flexibility index (Phi) is 24.6. The van der Waals surface area contributed by atoms with Gasteiger partial charge in [-0.3, -0.25) is 14.4 Å². The largest absolute Gasteiger partial charge is 0.463 e. The fraction of sp³-hybridized carbons (Fsp3) is 0.375. The topological polar surface area (TPSA) is 158 Å². The normalized spacial score (nSPS) is 11.7. The second kappa shape index (κ2) is 30.5. The van der Waals surface area contributed by atoms with E-state index < -0.39 is 41.9 Å². The average Bonchev–Trinajstić information content (AvgIpc) is 3.27. The summed E-state index contributed by atoms with van der Waals surface area (Å²) in [5.74, 6) is -4.54. The van der Waals surface area contributed by atoms with Crippen molar-refractivity contribution in [1.29, 1.82) is 0 Å². The number of esters is 6. The van der Waals surface area contributed by atoms with Crippen LogP contribution in [0, 0.1) is 17.5 Å². The summed E-state index contributed by atoms with van der Waals surface area (Å²) in [6.07, 6.45) is 11.7. The van der Waals surface area contributed by atoms with Crippen LogP contribution in [0.3, 0.4) is 0 Å². The minimum absolute atomic E-state index is 0.00994. The number of carbonyl (C=O) groups excluding carboxylic acids is 6. The van der Waals surface area contributed by atoms with E-state index in [9.17, 15) is 41.9 Å². The van der Waals surface area contributed by atoms with Crippen molar-refractivity contribution in [2.75, 3.05) is 33.0 Å². The summed E-state index contributed by atoms with van der Waals surface area (Å²) < 4.78 is 70.7. The van der Waals surface area contributed by atoms with Crippen molar-refractivity contribution < 1.29 is 70.4 Å². The number of ether oxygens (including phenoxy) is 6. The lowest BCUT2D eigenvalue weighted by Gasteiger charge is -2.18. The Morgan fingerprint density at radius 3 is 1.02 bits per heavy atom. The molecule has 0 bridgehead atoms. The number of halogens is 3. The van der Waals surface area contributed by atoms with Gasteiger partial charge in [-0.25, -0.2) is 27.6 Å². The lowest BCUT2D eigenvalue weighted by atomic mass is 10.2. The molecule has 338 valence electrons. The molecule has 0 spiro atoms. The third kappa shape index (κ3) is 25.1. The summed E-state index contributed by atoms with van der Waals surface area (Å²) >= 11 is 0. The molecular formula is C48H53F3O12. The van der Waals surface area contributed by atoms with Gasteiger partial charge in [-0.1, -0.05) is 36.4 Å². The molecule has 0 aliphatic carbocycles. The van der Waals surface area contributed by atoms with Crippen molar-refractivity contribution in [3.05, 3.63) is 125 Å². The first-order valence-electron chi connectivity index (χ1n) is 20.8. The quantitative estimate of drug-likeness (QED) is 0.0283. The van der Waals surface area contributed by atoms with E-state index in [0.717, 1.165) is 0 Å². The Hall–Kier alpha value is -6.51. The van der Waals surface area contributed by atoms with Gasteiger partial charge in [0, 0.05) is 37.5 Å². The molecule has 0 radical (unpaired) electrons. The summed E-state index contributed by atoms with van der Waals surface area (Å²) in [5.41, 5.74) is 1.93. The summed E-state index contributed by atoms with van der Waals surface area (Å²) in [4.78, 5) is 73.5. The Morgan fingerprint density at radius 1 is 0.397 bits per heavy atom. The summed E-state index contributed by atoms with van der Waals surface area (Å²) in [5, 5.41) is 0. The average molecular weight is 879 g/mol. The maximum absolute atomic E-state index is 13.0. The van der Waals surface area contributed by atoms with Crippen LogP contribution in [0.5, 0.6) is 0 Å². The fourth-order valence-corrected chi connectivity index (χ4v) is 5.40. The number of carbonyl (C=O) groups is 6. The highest BCUT2D eigenvalue weighted by atomic mass is 19.1. The lowest BCUT2D eigenvalue weighted by molar-refractivity contribution is -0.167. The smallest absolute Gasteiger partial charge is 0.330 e. The second-order valence-corrected chi connectivity index (χ2v) is 14.1. The molecule has 0 saturated carbocycles. The summed E-state index contributed by atoms with van der Waals surface area (Å²) in [6, 6.07) is 16.8. The molecule has 15 heteroatoms. The van der Waals surface area contributed by atoms with Gasteiger partial charge >= 0.3 is 35.8 Å². The molecule has 0 heterocycles. The Morgan fingerprint density at radius 2 is 0.698 bits per heavy atom. The third-order valence-electron chi connectivity index (χ3n) is 8.81. The summed E-state index contributed by atoms with van der Waals surface area (Å²) in [7, 11) is 0. The van der Waals surface area contributed by atoms with Gasteiger partial charge in [0.15, 0.2) is 6.10 Å². The molecule has 0 unspecified atom stereocenters. The van der Waals surface area contributed by atoms with E-state index in [1.807, 2.05) is 0 Å². The Balaban J connectivity index is 1.33. The van der Waals surface area contributed by atoms with Crippen LogP contribution < -0.4 is 0 Å². The van der Waals surface area contributed by atoms with Crippen LogP contribution in [0.2, 0.25) is 0 Å². The van der Waals surface area contributed by atoms with Crippen LogP contribution in [-0.2, 0) is 57.2 Å². The molecule has 12 nitrogen and oxygen atoms in total. The van der Waals surface area contributed by atoms with Crippen molar-refractivity contribution in [1.82, 2.24) is 0 Å². The van der Waals surface area contributed by atoms with Gasteiger partial charge in [0.2, 0.25) is 0 Å². The molecular weight excluding hydrogens is 826 g/mol. The summed E-state index contributed by atoms with van der Waals surface area (Å²) in [6.45, 7) is -0.301. The zero-order valence-corrected chi connectivity index (χ0v) is 35.0. The third-order valence-corrected chi connectivity index (χ3v) is 8.81. The van der Waals surface area contributed by atoms with Gasteiger partial charge in [0.05, 0.1) is 19.8 Å². The molecule has 3 aromatic carbocycles. The standard InChI is InChI=1S/C48H53F3O12/c49-39-22-13-36(14-23-39)19-28-45(54)58-31-7-1-4-10-43(52)61-34-42(63-48(57)12-6-3-9-33-60-47(56)30-21-38-17-26-41(51)27-18-38)35-62-44(53)11-5-2-8-32-59-46(55)29-20-37-15-24-40(50)25-16-37/h13-30,42H,1-12,31-35H2. The predicted octanol–water partition coefficient (Wildman–Crippen LogP) is 8.85. The zero-order valence-electron chi connectivity index (χ0n) is 35.0. The molecule has 63 heavy (non-hydrogen) atoms. The molecule has 0 aliphatic heterocycles. The first-order valence-corrected chi connectivity index (χ1v) is 20.8. The molecule has 0 amide bonds. The molecule has 0 saturated heterocycles. The van der Waals surface area contributed by atoms with Gasteiger partial charge in [-0.15, -0.1) is 0 Å². The minimum atomic E-state index is -1.07. The van der Waals surface area contributed by atoms with Crippen molar-refractivity contribution in [2.45, 2.75) is 83.2 Å². The van der Waals surface area contributed by atoms with Crippen LogP contribution in [0.25, 0.3) is 18.2 Å². The highest BCUT2D eigenvalue weighted by molar-refractivity contribution is 5.88. The first-order chi connectivity index (χ1) is 30.4.